The molecule has 0 spiro atoms. The zero-order valence-electron chi connectivity index (χ0n) is 16.4. The van der Waals surface area contributed by atoms with Gasteiger partial charge in [-0.3, -0.25) is 0 Å². The number of alkyl carbamates (subject to hydrolysis) is 1. The van der Waals surface area contributed by atoms with Crippen molar-refractivity contribution in [2.75, 3.05) is 26.4 Å². The van der Waals surface area contributed by atoms with Crippen molar-refractivity contribution in [3.63, 3.8) is 0 Å². The van der Waals surface area contributed by atoms with Crippen LogP contribution < -0.4 is 10.1 Å². The van der Waals surface area contributed by atoms with Gasteiger partial charge in [0.05, 0.1) is 19.8 Å². The molecular weight excluding hydrogens is 360 g/mol. The van der Waals surface area contributed by atoms with Crippen LogP contribution in [0.5, 0.6) is 5.88 Å². The first-order valence-electron chi connectivity index (χ1n) is 9.30. The van der Waals surface area contributed by atoms with E-state index in [0.717, 1.165) is 16.7 Å². The van der Waals surface area contributed by atoms with Crippen molar-refractivity contribution in [3.8, 4) is 17.0 Å². The highest BCUT2D eigenvalue weighted by Crippen LogP contribution is 2.28. The average molecular weight is 386 g/mol. The zero-order valence-corrected chi connectivity index (χ0v) is 16.4. The Morgan fingerprint density at radius 3 is 2.68 bits per heavy atom. The van der Waals surface area contributed by atoms with Gasteiger partial charge in [0.1, 0.15) is 12.2 Å². The van der Waals surface area contributed by atoms with Crippen molar-refractivity contribution in [1.29, 1.82) is 0 Å². The van der Waals surface area contributed by atoms with Crippen molar-refractivity contribution in [1.82, 2.24) is 10.3 Å². The first-order chi connectivity index (χ1) is 13.4. The van der Waals surface area contributed by atoms with E-state index in [2.05, 4.69) is 10.3 Å². The van der Waals surface area contributed by atoms with Crippen molar-refractivity contribution in [2.24, 2.45) is 0 Å². The van der Waals surface area contributed by atoms with Gasteiger partial charge in [-0.15, -0.1) is 0 Å². The number of hydrogen-bond donors (Lipinski definition) is 1. The third-order valence-corrected chi connectivity index (χ3v) is 3.87. The van der Waals surface area contributed by atoms with Crippen LogP contribution in [0.4, 0.5) is 4.79 Å². The second-order valence-electron chi connectivity index (χ2n) is 7.36. The lowest BCUT2D eigenvalue weighted by Gasteiger charge is -2.19. The molecule has 150 valence electrons. The third kappa shape index (κ3) is 5.94. The minimum absolute atomic E-state index is 0.291. The van der Waals surface area contributed by atoms with Crippen LogP contribution >= 0.6 is 0 Å². The second kappa shape index (κ2) is 9.03. The van der Waals surface area contributed by atoms with Crippen LogP contribution in [-0.2, 0) is 14.2 Å². The van der Waals surface area contributed by atoms with Crippen molar-refractivity contribution >= 4 is 6.09 Å². The molecule has 7 heteroatoms. The fourth-order valence-corrected chi connectivity index (χ4v) is 2.71. The van der Waals surface area contributed by atoms with E-state index in [1.165, 1.54) is 0 Å². The first-order valence-corrected chi connectivity index (χ1v) is 9.30. The van der Waals surface area contributed by atoms with E-state index in [9.17, 15) is 4.79 Å². The van der Waals surface area contributed by atoms with Crippen LogP contribution in [0.1, 0.15) is 32.6 Å². The number of amides is 1. The van der Waals surface area contributed by atoms with Crippen LogP contribution in [0, 0.1) is 0 Å². The molecule has 1 fully saturated rings. The summed E-state index contributed by atoms with van der Waals surface area (Å²) in [6, 6.07) is 11.8. The van der Waals surface area contributed by atoms with E-state index >= 15 is 0 Å². The maximum atomic E-state index is 11.6. The molecule has 1 amide bonds. The topological polar surface area (TPSA) is 78.9 Å². The number of carbonyl (C=O) groups is 1. The summed E-state index contributed by atoms with van der Waals surface area (Å²) in [5.74, 6) is 0.488. The highest BCUT2D eigenvalue weighted by Gasteiger charge is 2.18. The average Bonchev–Trinajstić information content (AvgIpc) is 3.19. The largest absolute Gasteiger partial charge is 0.476 e. The van der Waals surface area contributed by atoms with E-state index in [1.807, 2.05) is 57.2 Å². The van der Waals surface area contributed by atoms with E-state index in [0.29, 0.717) is 32.2 Å². The molecule has 7 nitrogen and oxygen atoms in total. The summed E-state index contributed by atoms with van der Waals surface area (Å²) < 4.78 is 22.0. The fourth-order valence-electron chi connectivity index (χ4n) is 2.71. The Morgan fingerprint density at radius 1 is 1.18 bits per heavy atom. The smallest absolute Gasteiger partial charge is 0.407 e. The number of ether oxygens (including phenoxy) is 4. The molecule has 0 unspecified atom stereocenters. The van der Waals surface area contributed by atoms with Gasteiger partial charge in [-0.05, 0) is 44.0 Å². The Kier molecular flexibility index (Phi) is 6.49. The third-order valence-electron chi connectivity index (χ3n) is 3.87. The molecule has 1 aliphatic rings. The van der Waals surface area contributed by atoms with Crippen LogP contribution in [0.15, 0.2) is 42.6 Å². The van der Waals surface area contributed by atoms with Gasteiger partial charge in [0, 0.05) is 17.8 Å². The van der Waals surface area contributed by atoms with Crippen molar-refractivity contribution in [2.45, 2.75) is 32.7 Å². The Balaban J connectivity index is 1.56. The van der Waals surface area contributed by atoms with Gasteiger partial charge in [-0.1, -0.05) is 18.2 Å². The summed E-state index contributed by atoms with van der Waals surface area (Å²) in [5.41, 5.74) is 2.46. The van der Waals surface area contributed by atoms with Gasteiger partial charge in [0.2, 0.25) is 5.88 Å². The summed E-state index contributed by atoms with van der Waals surface area (Å²) in [7, 11) is 0. The quantitative estimate of drug-likeness (QED) is 0.763. The fraction of sp³-hybridized carbons (Fsp3) is 0.429. The highest BCUT2D eigenvalue weighted by molar-refractivity contribution is 5.67. The molecule has 0 aliphatic carbocycles. The number of rotatable bonds is 6. The minimum atomic E-state index is -0.524. The first kappa shape index (κ1) is 20.1. The zero-order chi connectivity index (χ0) is 20.0. The number of nitrogens with one attached hydrogen (secondary N) is 1. The molecule has 0 bridgehead atoms. The summed E-state index contributed by atoms with van der Waals surface area (Å²) in [4.78, 5) is 15.9. The van der Waals surface area contributed by atoms with Gasteiger partial charge >= 0.3 is 6.09 Å². The minimum Gasteiger partial charge on any atom is -0.476 e. The lowest BCUT2D eigenvalue weighted by atomic mass is 10.0. The molecule has 0 atom stereocenters. The van der Waals surface area contributed by atoms with E-state index in [-0.39, 0.29) is 6.29 Å². The monoisotopic (exact) mass is 386 g/mol. The summed E-state index contributed by atoms with van der Waals surface area (Å²) >= 11 is 0. The maximum Gasteiger partial charge on any atom is 0.407 e. The Bertz CT molecular complexity index is 797. The molecule has 2 heterocycles. The molecule has 3 rings (SSSR count). The number of nitrogens with zero attached hydrogens (tertiary/aromatic N) is 1. The number of carbonyl (C=O) groups excluding carboxylic acids is 1. The number of hydrogen-bond acceptors (Lipinski definition) is 6. The van der Waals surface area contributed by atoms with Gasteiger partial charge in [0.15, 0.2) is 6.29 Å². The molecule has 1 N–H and O–H groups in total. The molecule has 2 aromatic rings. The Morgan fingerprint density at radius 2 is 1.93 bits per heavy atom. The van der Waals surface area contributed by atoms with Gasteiger partial charge in [-0.25, -0.2) is 9.78 Å². The molecule has 0 radical (unpaired) electrons. The van der Waals surface area contributed by atoms with Gasteiger partial charge < -0.3 is 24.3 Å². The van der Waals surface area contributed by atoms with Crippen molar-refractivity contribution in [3.05, 3.63) is 48.2 Å². The normalized spacial score (nSPS) is 14.7. The van der Waals surface area contributed by atoms with Crippen LogP contribution in [0.2, 0.25) is 0 Å². The second-order valence-corrected chi connectivity index (χ2v) is 7.36. The molecule has 1 saturated heterocycles. The maximum absolute atomic E-state index is 11.6. The molecule has 28 heavy (non-hydrogen) atoms. The molecule has 1 aliphatic heterocycles. The summed E-state index contributed by atoms with van der Waals surface area (Å²) in [6.07, 6.45) is 0.920. The predicted molar refractivity (Wildman–Crippen MR) is 104 cm³/mol. The molecule has 0 saturated carbocycles. The SMILES string of the molecule is CC(C)(C)OC(=O)NCCOc1cc(-c2cccc(C3OCCO3)c2)ccn1. The highest BCUT2D eigenvalue weighted by atomic mass is 16.7. The van der Waals surface area contributed by atoms with Gasteiger partial charge in [-0.2, -0.15) is 0 Å². The molecule has 1 aromatic carbocycles. The summed E-state index contributed by atoms with van der Waals surface area (Å²) in [5, 5.41) is 2.65. The van der Waals surface area contributed by atoms with E-state index < -0.39 is 11.7 Å². The van der Waals surface area contributed by atoms with Crippen molar-refractivity contribution < 1.29 is 23.7 Å². The lowest BCUT2D eigenvalue weighted by molar-refractivity contribution is -0.0440. The predicted octanol–water partition coefficient (Wildman–Crippen LogP) is 3.70. The summed E-state index contributed by atoms with van der Waals surface area (Å²) in [6.45, 7) is 7.29. The van der Waals surface area contributed by atoms with Crippen LogP contribution in [0.3, 0.4) is 0 Å². The van der Waals surface area contributed by atoms with E-state index in [4.69, 9.17) is 18.9 Å². The Hall–Kier alpha value is -2.64. The standard InChI is InChI=1S/C21H26N2O5/c1-21(2,3)28-20(24)23-9-10-25-18-14-16(7-8-22-18)15-5-4-6-17(13-15)19-26-11-12-27-19/h4-8,13-14,19H,9-12H2,1-3H3,(H,23,24). The Labute approximate surface area is 165 Å². The number of benzene rings is 1. The number of aromatic nitrogens is 1. The van der Waals surface area contributed by atoms with Crippen LogP contribution in [0.25, 0.3) is 11.1 Å². The lowest BCUT2D eigenvalue weighted by Crippen LogP contribution is -2.34. The molecular formula is C21H26N2O5. The molecule has 1 aromatic heterocycles. The van der Waals surface area contributed by atoms with Crippen LogP contribution in [-0.4, -0.2) is 43.0 Å². The van der Waals surface area contributed by atoms with Gasteiger partial charge in [0.25, 0.3) is 0 Å². The number of pyridine rings is 1. The van der Waals surface area contributed by atoms with E-state index in [1.54, 1.807) is 6.20 Å².